The molecule has 3 nitrogen and oxygen atoms in total. The summed E-state index contributed by atoms with van der Waals surface area (Å²) in [5.74, 6) is 3.18. The third-order valence-corrected chi connectivity index (χ3v) is 7.91. The van der Waals surface area contributed by atoms with Crippen LogP contribution >= 0.6 is 0 Å². The van der Waals surface area contributed by atoms with Crippen LogP contribution in [0.15, 0.2) is 29.5 Å². The maximum atomic E-state index is 11.0. The predicted octanol–water partition coefficient (Wildman–Crippen LogP) is 4.47. The smallest absolute Gasteiger partial charge is 0.110 e. The SMILES string of the molecule is C=C[C@@H]1CC2=CC(N=O)CC[C@@H]2[C@H]2CC[C@]3(C)[C@@H](O)CC[C@H]3[C@@H]21. The van der Waals surface area contributed by atoms with Gasteiger partial charge in [-0.15, -0.1) is 6.58 Å². The standard InChI is InChI=1S/C20H29NO2/c1-3-12-10-13-11-14(21-23)4-5-15(13)16-8-9-20(2)17(19(12)16)6-7-18(20)22/h3,11-12,14-19,22H,1,4-10H2,2H3/t12-,14?,15+,16-,17+,18+,19-,20+/m1/s1. The molecule has 126 valence electrons. The summed E-state index contributed by atoms with van der Waals surface area (Å²) in [4.78, 5) is 11.0. The molecule has 0 aromatic carbocycles. The molecule has 1 N–H and O–H groups in total. The van der Waals surface area contributed by atoms with Gasteiger partial charge in [-0.3, -0.25) is 0 Å². The third-order valence-electron chi connectivity index (χ3n) is 7.91. The summed E-state index contributed by atoms with van der Waals surface area (Å²) in [6, 6.07) is -0.106. The molecule has 0 aromatic rings. The summed E-state index contributed by atoms with van der Waals surface area (Å²) < 4.78 is 0. The molecule has 4 aliphatic rings. The average Bonchev–Trinajstić information content (AvgIpc) is 2.88. The summed E-state index contributed by atoms with van der Waals surface area (Å²) in [6.07, 6.45) is 11.8. The van der Waals surface area contributed by atoms with E-state index in [-0.39, 0.29) is 17.6 Å². The zero-order valence-corrected chi connectivity index (χ0v) is 14.2. The molecule has 8 atom stereocenters. The van der Waals surface area contributed by atoms with Crippen LogP contribution in [0, 0.1) is 39.9 Å². The number of aliphatic hydroxyl groups is 1. The van der Waals surface area contributed by atoms with Gasteiger partial charge in [0.05, 0.1) is 6.10 Å². The van der Waals surface area contributed by atoms with Crippen molar-refractivity contribution in [3.8, 4) is 0 Å². The lowest BCUT2D eigenvalue weighted by Crippen LogP contribution is -2.50. The summed E-state index contributed by atoms with van der Waals surface area (Å²) >= 11 is 0. The minimum absolute atomic E-state index is 0.106. The number of allylic oxidation sites excluding steroid dienone is 2. The molecule has 4 aliphatic carbocycles. The molecule has 0 radical (unpaired) electrons. The molecule has 23 heavy (non-hydrogen) atoms. The van der Waals surface area contributed by atoms with Gasteiger partial charge in [0, 0.05) is 0 Å². The van der Waals surface area contributed by atoms with Crippen LogP contribution in [-0.2, 0) is 0 Å². The van der Waals surface area contributed by atoms with Crippen LogP contribution in [0.25, 0.3) is 0 Å². The Bertz CT molecular complexity index is 542. The first-order valence-electron chi connectivity index (χ1n) is 9.42. The van der Waals surface area contributed by atoms with Crippen molar-refractivity contribution in [3.05, 3.63) is 29.2 Å². The summed E-state index contributed by atoms with van der Waals surface area (Å²) in [6.45, 7) is 6.46. The van der Waals surface area contributed by atoms with Gasteiger partial charge in [-0.25, -0.2) is 0 Å². The van der Waals surface area contributed by atoms with E-state index < -0.39 is 0 Å². The summed E-state index contributed by atoms with van der Waals surface area (Å²) in [5.41, 5.74) is 1.60. The Hall–Kier alpha value is -0.960. The Morgan fingerprint density at radius 1 is 1.30 bits per heavy atom. The zero-order valence-electron chi connectivity index (χ0n) is 14.2. The van der Waals surface area contributed by atoms with Gasteiger partial charge in [0.25, 0.3) is 0 Å². The van der Waals surface area contributed by atoms with Crippen molar-refractivity contribution in [2.75, 3.05) is 0 Å². The normalized spacial score (nSPS) is 51.9. The Kier molecular flexibility index (Phi) is 3.75. The molecule has 0 bridgehead atoms. The van der Waals surface area contributed by atoms with Crippen LogP contribution in [0.2, 0.25) is 0 Å². The fourth-order valence-corrected chi connectivity index (χ4v) is 6.71. The molecular weight excluding hydrogens is 286 g/mol. The van der Waals surface area contributed by atoms with Crippen LogP contribution in [0.1, 0.15) is 51.9 Å². The number of nitroso groups, excluding NO2 is 1. The van der Waals surface area contributed by atoms with Gasteiger partial charge in [0.1, 0.15) is 6.04 Å². The lowest BCUT2D eigenvalue weighted by atomic mass is 9.49. The van der Waals surface area contributed by atoms with Crippen LogP contribution in [0.4, 0.5) is 0 Å². The minimum atomic E-state index is -0.120. The first-order valence-corrected chi connectivity index (χ1v) is 9.42. The number of nitrogens with zero attached hydrogens (tertiary/aromatic N) is 1. The average molecular weight is 315 g/mol. The third kappa shape index (κ3) is 2.19. The second kappa shape index (κ2) is 5.54. The topological polar surface area (TPSA) is 49.7 Å². The zero-order chi connectivity index (χ0) is 16.2. The number of rotatable bonds is 2. The van der Waals surface area contributed by atoms with Gasteiger partial charge in [0.15, 0.2) is 0 Å². The van der Waals surface area contributed by atoms with Gasteiger partial charge in [-0.1, -0.05) is 29.8 Å². The van der Waals surface area contributed by atoms with E-state index in [1.807, 2.05) is 0 Å². The Balaban J connectivity index is 1.69. The molecule has 0 aromatic heterocycles. The summed E-state index contributed by atoms with van der Waals surface area (Å²) in [5, 5.41) is 13.8. The Morgan fingerprint density at radius 2 is 2.13 bits per heavy atom. The fraction of sp³-hybridized carbons (Fsp3) is 0.800. The quantitative estimate of drug-likeness (QED) is 0.604. The number of hydrogen-bond acceptors (Lipinski definition) is 3. The van der Waals surface area contributed by atoms with Crippen LogP contribution in [-0.4, -0.2) is 17.3 Å². The fourth-order valence-electron chi connectivity index (χ4n) is 6.71. The maximum Gasteiger partial charge on any atom is 0.110 e. The molecule has 3 fully saturated rings. The number of aliphatic hydroxyl groups excluding tert-OH is 1. The van der Waals surface area contributed by atoms with Gasteiger partial charge in [0.2, 0.25) is 0 Å². The highest BCUT2D eigenvalue weighted by atomic mass is 16.3. The van der Waals surface area contributed by atoms with E-state index in [9.17, 15) is 10.0 Å². The molecule has 1 unspecified atom stereocenters. The van der Waals surface area contributed by atoms with E-state index in [2.05, 4.69) is 30.8 Å². The summed E-state index contributed by atoms with van der Waals surface area (Å²) in [7, 11) is 0. The second-order valence-electron chi connectivity index (χ2n) is 8.69. The molecule has 3 heteroatoms. The number of fused-ring (bicyclic) bond motifs is 5. The van der Waals surface area contributed by atoms with Crippen molar-refractivity contribution in [2.45, 2.75) is 64.0 Å². The monoisotopic (exact) mass is 315 g/mol. The number of hydrogen-bond donors (Lipinski definition) is 1. The highest BCUT2D eigenvalue weighted by Crippen LogP contribution is 2.63. The molecule has 0 saturated heterocycles. The molecule has 0 spiro atoms. The van der Waals surface area contributed by atoms with Crippen molar-refractivity contribution in [1.29, 1.82) is 0 Å². The Labute approximate surface area is 139 Å². The molecule has 3 saturated carbocycles. The van der Waals surface area contributed by atoms with Gasteiger partial charge >= 0.3 is 0 Å². The molecule has 0 heterocycles. The lowest BCUT2D eigenvalue weighted by molar-refractivity contribution is -0.0661. The van der Waals surface area contributed by atoms with Crippen LogP contribution in [0.3, 0.4) is 0 Å². The van der Waals surface area contributed by atoms with Gasteiger partial charge in [-0.05, 0) is 80.0 Å². The Morgan fingerprint density at radius 3 is 2.87 bits per heavy atom. The maximum absolute atomic E-state index is 11.0. The second-order valence-corrected chi connectivity index (χ2v) is 8.69. The van der Waals surface area contributed by atoms with Crippen LogP contribution < -0.4 is 0 Å². The highest BCUT2D eigenvalue weighted by molar-refractivity contribution is 5.24. The molecular formula is C20H29NO2. The van der Waals surface area contributed by atoms with Crippen molar-refractivity contribution >= 4 is 0 Å². The first kappa shape index (κ1) is 15.6. The van der Waals surface area contributed by atoms with E-state index in [0.29, 0.717) is 29.6 Å². The van der Waals surface area contributed by atoms with Crippen molar-refractivity contribution < 1.29 is 5.11 Å². The van der Waals surface area contributed by atoms with Crippen molar-refractivity contribution in [2.24, 2.45) is 40.2 Å². The van der Waals surface area contributed by atoms with Gasteiger partial charge < -0.3 is 5.11 Å². The molecule has 4 rings (SSSR count). The largest absolute Gasteiger partial charge is 0.393 e. The van der Waals surface area contributed by atoms with E-state index in [1.54, 1.807) is 0 Å². The van der Waals surface area contributed by atoms with Gasteiger partial charge in [-0.2, -0.15) is 4.91 Å². The van der Waals surface area contributed by atoms with Crippen LogP contribution in [0.5, 0.6) is 0 Å². The van der Waals surface area contributed by atoms with E-state index in [4.69, 9.17) is 0 Å². The minimum Gasteiger partial charge on any atom is -0.393 e. The molecule has 0 aliphatic heterocycles. The van der Waals surface area contributed by atoms with Crippen molar-refractivity contribution in [3.63, 3.8) is 0 Å². The van der Waals surface area contributed by atoms with E-state index >= 15 is 0 Å². The predicted molar refractivity (Wildman–Crippen MR) is 91.7 cm³/mol. The van der Waals surface area contributed by atoms with E-state index in [0.717, 1.165) is 32.1 Å². The lowest BCUT2D eigenvalue weighted by Gasteiger charge is -2.56. The van der Waals surface area contributed by atoms with Crippen molar-refractivity contribution in [1.82, 2.24) is 0 Å². The molecule has 0 amide bonds. The van der Waals surface area contributed by atoms with E-state index in [1.165, 1.54) is 18.4 Å². The first-order chi connectivity index (χ1) is 11.1. The highest BCUT2D eigenvalue weighted by Gasteiger charge is 2.57.